The fourth-order valence-electron chi connectivity index (χ4n) is 4.39. The Morgan fingerprint density at radius 3 is 2.72 bits per heavy atom. The third kappa shape index (κ3) is 6.10. The van der Waals surface area contributed by atoms with Crippen LogP contribution in [0.2, 0.25) is 0 Å². The number of anilines is 1. The van der Waals surface area contributed by atoms with Crippen LogP contribution in [0, 0.1) is 12.8 Å². The second-order valence-electron chi connectivity index (χ2n) is 10.9. The molecule has 0 aromatic carbocycles. The van der Waals surface area contributed by atoms with E-state index in [2.05, 4.69) is 60.4 Å². The van der Waals surface area contributed by atoms with E-state index < -0.39 is 0 Å². The van der Waals surface area contributed by atoms with E-state index in [4.69, 9.17) is 13.8 Å². The number of amides is 1. The highest BCUT2D eigenvalue weighted by Crippen LogP contribution is 2.28. The fraction of sp³-hybridized carbons (Fsp3) is 0.577. The number of carbonyl (C=O) groups is 1. The molecule has 2 N–H and O–H groups in total. The van der Waals surface area contributed by atoms with Gasteiger partial charge in [-0.05, 0) is 24.5 Å². The molecule has 0 unspecified atom stereocenters. The Bertz CT molecular complexity index is 1150. The molecule has 3 aromatic rings. The number of carbonyl (C=O) groups excluding carboxylic acids is 1. The largest absolute Gasteiger partial charge is 0.467 e. The van der Waals surface area contributed by atoms with Gasteiger partial charge in [-0.15, -0.1) is 10.2 Å². The van der Waals surface area contributed by atoms with E-state index in [1.54, 1.807) is 19.4 Å². The summed E-state index contributed by atoms with van der Waals surface area (Å²) in [5.74, 6) is 3.34. The van der Waals surface area contributed by atoms with Gasteiger partial charge in [0, 0.05) is 44.2 Å². The zero-order chi connectivity index (χ0) is 25.9. The highest BCUT2D eigenvalue weighted by Gasteiger charge is 2.34. The second kappa shape index (κ2) is 10.8. The van der Waals surface area contributed by atoms with Gasteiger partial charge in [0.15, 0.2) is 0 Å². The summed E-state index contributed by atoms with van der Waals surface area (Å²) in [6.45, 7) is 14.6. The lowest BCUT2D eigenvalue weighted by Gasteiger charge is -2.38. The molecule has 0 spiro atoms. The third-order valence-corrected chi connectivity index (χ3v) is 6.18. The van der Waals surface area contributed by atoms with Crippen LogP contribution in [0.15, 0.2) is 33.4 Å². The number of nitrogens with one attached hydrogen (secondary N) is 2. The van der Waals surface area contributed by atoms with Crippen molar-refractivity contribution in [3.63, 3.8) is 0 Å². The molecular weight excluding hydrogens is 458 g/mol. The van der Waals surface area contributed by atoms with Crippen LogP contribution in [0.4, 0.5) is 5.82 Å². The molecule has 0 radical (unpaired) electrons. The summed E-state index contributed by atoms with van der Waals surface area (Å²) < 4.78 is 11.2. The normalized spacial score (nSPS) is 18.4. The van der Waals surface area contributed by atoms with Gasteiger partial charge in [-0.3, -0.25) is 4.79 Å². The van der Waals surface area contributed by atoms with E-state index in [0.717, 1.165) is 18.7 Å². The number of aromatic nitrogens is 4. The van der Waals surface area contributed by atoms with Crippen LogP contribution >= 0.6 is 0 Å². The molecule has 194 valence electrons. The first-order valence-corrected chi connectivity index (χ1v) is 12.6. The number of piperidine rings is 1. The van der Waals surface area contributed by atoms with E-state index in [-0.39, 0.29) is 29.2 Å². The van der Waals surface area contributed by atoms with Gasteiger partial charge in [0.05, 0.1) is 18.7 Å². The van der Waals surface area contributed by atoms with Crippen LogP contribution < -0.4 is 10.6 Å². The van der Waals surface area contributed by atoms with Gasteiger partial charge >= 0.3 is 0 Å². The number of nitrogens with zero attached hydrogens (tertiary/aromatic N) is 5. The predicted octanol–water partition coefficient (Wildman–Crippen LogP) is 3.91. The lowest BCUT2D eigenvalue weighted by atomic mass is 9.93. The standard InChI is InChI=1S/C26H37N7O3/c1-16(2)15-33(19-10-18(11-27-12-19)23-32-31-17(3)36-23)24(34)21-14-29-25(26(4,5)6)30-22(21)28-13-20-8-7-9-35-20/h7-9,14,16,18-19,27H,10-13,15H2,1-6H3,(H,28,29,30)/t18-,19+/m1/s1. The van der Waals surface area contributed by atoms with Gasteiger partial charge in [0.1, 0.15) is 23.0 Å². The summed E-state index contributed by atoms with van der Waals surface area (Å²) in [5.41, 5.74) is 0.189. The quantitative estimate of drug-likeness (QED) is 0.479. The molecule has 0 aliphatic carbocycles. The van der Waals surface area contributed by atoms with Crippen molar-refractivity contribution in [1.29, 1.82) is 0 Å². The van der Waals surface area contributed by atoms with Crippen LogP contribution in [0.3, 0.4) is 0 Å². The smallest absolute Gasteiger partial charge is 0.259 e. The van der Waals surface area contributed by atoms with E-state index in [9.17, 15) is 4.79 Å². The van der Waals surface area contributed by atoms with Crippen molar-refractivity contribution < 1.29 is 13.6 Å². The topological polar surface area (TPSA) is 122 Å². The molecule has 1 saturated heterocycles. The van der Waals surface area contributed by atoms with Crippen molar-refractivity contribution in [2.75, 3.05) is 25.0 Å². The van der Waals surface area contributed by atoms with E-state index in [1.807, 2.05) is 17.0 Å². The summed E-state index contributed by atoms with van der Waals surface area (Å²) in [7, 11) is 0. The molecule has 2 atom stereocenters. The summed E-state index contributed by atoms with van der Waals surface area (Å²) in [5, 5.41) is 15.0. The summed E-state index contributed by atoms with van der Waals surface area (Å²) in [6.07, 6.45) is 4.03. The fourth-order valence-corrected chi connectivity index (χ4v) is 4.39. The third-order valence-electron chi connectivity index (χ3n) is 6.18. The number of aryl methyl sites for hydroxylation is 1. The van der Waals surface area contributed by atoms with Crippen molar-refractivity contribution in [3.05, 3.63) is 53.5 Å². The van der Waals surface area contributed by atoms with Crippen LogP contribution in [0.1, 0.15) is 80.7 Å². The molecule has 10 heteroatoms. The highest BCUT2D eigenvalue weighted by atomic mass is 16.4. The monoisotopic (exact) mass is 495 g/mol. The molecule has 0 bridgehead atoms. The van der Waals surface area contributed by atoms with E-state index in [0.29, 0.717) is 48.6 Å². The van der Waals surface area contributed by atoms with Gasteiger partial charge in [-0.25, -0.2) is 9.97 Å². The molecule has 3 aromatic heterocycles. The maximum absolute atomic E-state index is 14.1. The molecule has 1 amide bonds. The minimum absolute atomic E-state index is 0.0360. The van der Waals surface area contributed by atoms with Gasteiger partial charge in [0.25, 0.3) is 5.91 Å². The summed E-state index contributed by atoms with van der Waals surface area (Å²) >= 11 is 0. The van der Waals surface area contributed by atoms with Crippen molar-refractivity contribution in [3.8, 4) is 0 Å². The molecule has 1 fully saturated rings. The Hall–Kier alpha value is -3.27. The van der Waals surface area contributed by atoms with Gasteiger partial charge < -0.3 is 24.4 Å². The Kier molecular flexibility index (Phi) is 7.73. The number of furan rings is 1. The molecule has 10 nitrogen and oxygen atoms in total. The van der Waals surface area contributed by atoms with Crippen LogP contribution in [0.5, 0.6) is 0 Å². The van der Waals surface area contributed by atoms with Crippen molar-refractivity contribution >= 4 is 11.7 Å². The first-order valence-electron chi connectivity index (χ1n) is 12.6. The number of rotatable bonds is 8. The summed E-state index contributed by atoms with van der Waals surface area (Å²) in [4.78, 5) is 25.4. The Morgan fingerprint density at radius 2 is 2.08 bits per heavy atom. The van der Waals surface area contributed by atoms with Gasteiger partial charge in [-0.1, -0.05) is 34.6 Å². The summed E-state index contributed by atoms with van der Waals surface area (Å²) in [6, 6.07) is 3.69. The number of hydrogen-bond donors (Lipinski definition) is 2. The van der Waals surface area contributed by atoms with Crippen LogP contribution in [-0.2, 0) is 12.0 Å². The van der Waals surface area contributed by atoms with Crippen molar-refractivity contribution in [2.45, 2.75) is 71.9 Å². The van der Waals surface area contributed by atoms with Gasteiger partial charge in [0.2, 0.25) is 11.8 Å². The molecule has 4 rings (SSSR count). The van der Waals surface area contributed by atoms with Crippen molar-refractivity contribution in [2.24, 2.45) is 5.92 Å². The SMILES string of the molecule is Cc1nnc([C@H]2CNC[C@@H](N(CC(C)C)C(=O)c3cnc(C(C)(C)C)nc3NCc3ccco3)C2)o1. The van der Waals surface area contributed by atoms with Crippen LogP contribution in [-0.4, -0.2) is 56.6 Å². The Morgan fingerprint density at radius 1 is 1.28 bits per heavy atom. The average Bonchev–Trinajstić information content (AvgIpc) is 3.52. The zero-order valence-corrected chi connectivity index (χ0v) is 22.0. The Labute approximate surface area is 212 Å². The molecule has 0 saturated carbocycles. The molecule has 1 aliphatic rings. The lowest BCUT2D eigenvalue weighted by molar-refractivity contribution is 0.0603. The maximum Gasteiger partial charge on any atom is 0.259 e. The minimum Gasteiger partial charge on any atom is -0.467 e. The minimum atomic E-state index is -0.261. The molecule has 4 heterocycles. The second-order valence-corrected chi connectivity index (χ2v) is 10.9. The van der Waals surface area contributed by atoms with E-state index >= 15 is 0 Å². The zero-order valence-electron chi connectivity index (χ0n) is 22.0. The predicted molar refractivity (Wildman–Crippen MR) is 136 cm³/mol. The molecular formula is C26H37N7O3. The number of hydrogen-bond acceptors (Lipinski definition) is 9. The van der Waals surface area contributed by atoms with Crippen LogP contribution in [0.25, 0.3) is 0 Å². The molecule has 36 heavy (non-hydrogen) atoms. The Balaban J connectivity index is 1.63. The first kappa shape index (κ1) is 25.8. The van der Waals surface area contributed by atoms with Crippen molar-refractivity contribution in [1.82, 2.24) is 30.4 Å². The molecule has 1 aliphatic heterocycles. The van der Waals surface area contributed by atoms with E-state index in [1.165, 1.54) is 0 Å². The average molecular weight is 496 g/mol. The lowest BCUT2D eigenvalue weighted by Crippen LogP contribution is -2.52. The van der Waals surface area contributed by atoms with Gasteiger partial charge in [-0.2, -0.15) is 0 Å². The highest BCUT2D eigenvalue weighted by molar-refractivity contribution is 5.98. The first-order chi connectivity index (χ1) is 17.1. The maximum atomic E-state index is 14.1.